The van der Waals surface area contributed by atoms with E-state index in [0.29, 0.717) is 40.1 Å². The SMILES string of the molecule is O=c1c(Cc2ccccc2)nc(Cc2ccccc2)nn1-c1ccc(Cl)c(Cl)c1. The van der Waals surface area contributed by atoms with Crippen LogP contribution in [0, 0.1) is 0 Å². The molecule has 0 aliphatic carbocycles. The Balaban J connectivity index is 1.82. The van der Waals surface area contributed by atoms with E-state index in [1.54, 1.807) is 18.2 Å². The molecule has 4 nitrogen and oxygen atoms in total. The van der Waals surface area contributed by atoms with Crippen molar-refractivity contribution in [3.8, 4) is 5.69 Å². The number of aromatic nitrogens is 3. The topological polar surface area (TPSA) is 47.8 Å². The van der Waals surface area contributed by atoms with Gasteiger partial charge in [0.1, 0.15) is 5.69 Å². The molecule has 0 N–H and O–H groups in total. The van der Waals surface area contributed by atoms with Crippen LogP contribution in [0.15, 0.2) is 83.7 Å². The second-order valence-electron chi connectivity index (χ2n) is 6.61. The van der Waals surface area contributed by atoms with Gasteiger partial charge in [-0.25, -0.2) is 4.98 Å². The second-order valence-corrected chi connectivity index (χ2v) is 7.43. The molecule has 4 aromatic rings. The van der Waals surface area contributed by atoms with Gasteiger partial charge in [0.05, 0.1) is 15.7 Å². The highest BCUT2D eigenvalue weighted by Crippen LogP contribution is 2.23. The first-order valence-corrected chi connectivity index (χ1v) is 9.88. The highest BCUT2D eigenvalue weighted by molar-refractivity contribution is 6.42. The largest absolute Gasteiger partial charge is 0.293 e. The smallest absolute Gasteiger partial charge is 0.265 e. The Morgan fingerprint density at radius 2 is 1.38 bits per heavy atom. The van der Waals surface area contributed by atoms with Gasteiger partial charge in [-0.1, -0.05) is 83.9 Å². The summed E-state index contributed by atoms with van der Waals surface area (Å²) in [4.78, 5) is 17.7. The van der Waals surface area contributed by atoms with Crippen LogP contribution in [0.4, 0.5) is 0 Å². The lowest BCUT2D eigenvalue weighted by atomic mass is 10.1. The summed E-state index contributed by atoms with van der Waals surface area (Å²) >= 11 is 12.2. The van der Waals surface area contributed by atoms with Gasteiger partial charge in [-0.05, 0) is 29.3 Å². The Morgan fingerprint density at radius 3 is 2.00 bits per heavy atom. The van der Waals surface area contributed by atoms with E-state index in [9.17, 15) is 4.79 Å². The van der Waals surface area contributed by atoms with E-state index in [2.05, 4.69) is 10.1 Å². The molecule has 0 atom stereocenters. The maximum atomic E-state index is 13.1. The predicted octanol–water partition coefficient (Wildman–Crippen LogP) is 5.12. The van der Waals surface area contributed by atoms with Crippen LogP contribution in [-0.2, 0) is 12.8 Å². The molecule has 1 heterocycles. The lowest BCUT2D eigenvalue weighted by Gasteiger charge is -2.11. The molecule has 0 fully saturated rings. The maximum absolute atomic E-state index is 13.1. The van der Waals surface area contributed by atoms with Crippen molar-refractivity contribution in [3.63, 3.8) is 0 Å². The lowest BCUT2D eigenvalue weighted by Crippen LogP contribution is -2.28. The molecule has 0 unspecified atom stereocenters. The van der Waals surface area contributed by atoms with Crippen LogP contribution in [0.5, 0.6) is 0 Å². The third-order valence-electron chi connectivity index (χ3n) is 4.49. The Kier molecular flexibility index (Phi) is 5.74. The van der Waals surface area contributed by atoms with Crippen LogP contribution < -0.4 is 5.56 Å². The highest BCUT2D eigenvalue weighted by Gasteiger charge is 2.14. The van der Waals surface area contributed by atoms with E-state index in [4.69, 9.17) is 23.2 Å². The Bertz CT molecular complexity index is 1190. The van der Waals surface area contributed by atoms with E-state index in [-0.39, 0.29) is 5.56 Å². The fourth-order valence-electron chi connectivity index (χ4n) is 3.06. The molecular formula is C23H17Cl2N3O. The molecular weight excluding hydrogens is 405 g/mol. The van der Waals surface area contributed by atoms with Gasteiger partial charge in [0.15, 0.2) is 5.82 Å². The molecule has 1 aromatic heterocycles. The van der Waals surface area contributed by atoms with Gasteiger partial charge in [-0.2, -0.15) is 4.68 Å². The quantitative estimate of drug-likeness (QED) is 0.449. The average Bonchev–Trinajstić information content (AvgIpc) is 2.74. The van der Waals surface area contributed by atoms with Crippen molar-refractivity contribution in [1.82, 2.24) is 14.8 Å². The normalized spacial score (nSPS) is 10.8. The van der Waals surface area contributed by atoms with E-state index < -0.39 is 0 Å². The van der Waals surface area contributed by atoms with Crippen LogP contribution in [0.25, 0.3) is 5.69 Å². The van der Waals surface area contributed by atoms with Gasteiger partial charge >= 0.3 is 0 Å². The van der Waals surface area contributed by atoms with Crippen molar-refractivity contribution in [2.75, 3.05) is 0 Å². The molecule has 0 spiro atoms. The van der Waals surface area contributed by atoms with Gasteiger partial charge < -0.3 is 0 Å². The first kappa shape index (κ1) is 19.4. The maximum Gasteiger partial charge on any atom is 0.293 e. The molecule has 0 aliphatic rings. The zero-order chi connectivity index (χ0) is 20.2. The number of nitrogens with zero attached hydrogens (tertiary/aromatic N) is 3. The van der Waals surface area contributed by atoms with Gasteiger partial charge in [-0.15, -0.1) is 5.10 Å². The zero-order valence-electron chi connectivity index (χ0n) is 15.4. The summed E-state index contributed by atoms with van der Waals surface area (Å²) in [7, 11) is 0. The molecule has 3 aromatic carbocycles. The van der Waals surface area contributed by atoms with Gasteiger partial charge in [0.25, 0.3) is 5.56 Å². The summed E-state index contributed by atoms with van der Waals surface area (Å²) < 4.78 is 1.35. The zero-order valence-corrected chi connectivity index (χ0v) is 16.9. The predicted molar refractivity (Wildman–Crippen MR) is 116 cm³/mol. The van der Waals surface area contributed by atoms with E-state index in [0.717, 1.165) is 11.1 Å². The summed E-state index contributed by atoms with van der Waals surface area (Å²) in [6, 6.07) is 24.7. The van der Waals surface area contributed by atoms with Crippen LogP contribution in [-0.4, -0.2) is 14.8 Å². The number of rotatable bonds is 5. The van der Waals surface area contributed by atoms with Crippen LogP contribution in [0.1, 0.15) is 22.6 Å². The molecule has 144 valence electrons. The van der Waals surface area contributed by atoms with E-state index >= 15 is 0 Å². The number of halogens is 2. The summed E-state index contributed by atoms with van der Waals surface area (Å²) in [5.74, 6) is 0.563. The summed E-state index contributed by atoms with van der Waals surface area (Å²) in [6.07, 6.45) is 0.940. The lowest BCUT2D eigenvalue weighted by molar-refractivity contribution is 0.709. The molecule has 0 radical (unpaired) electrons. The molecule has 0 aliphatic heterocycles. The van der Waals surface area contributed by atoms with Gasteiger partial charge in [0.2, 0.25) is 0 Å². The van der Waals surface area contributed by atoms with Crippen molar-refractivity contribution < 1.29 is 0 Å². The van der Waals surface area contributed by atoms with E-state index in [1.807, 2.05) is 60.7 Å². The Morgan fingerprint density at radius 1 is 0.759 bits per heavy atom. The van der Waals surface area contributed by atoms with E-state index in [1.165, 1.54) is 4.68 Å². The first-order chi connectivity index (χ1) is 14.1. The summed E-state index contributed by atoms with van der Waals surface area (Å²) in [5, 5.41) is 5.29. The molecule has 0 bridgehead atoms. The number of hydrogen-bond donors (Lipinski definition) is 0. The molecule has 0 saturated carbocycles. The molecule has 0 saturated heterocycles. The van der Waals surface area contributed by atoms with Crippen LogP contribution in [0.2, 0.25) is 10.0 Å². The number of hydrogen-bond acceptors (Lipinski definition) is 3. The van der Waals surface area contributed by atoms with Crippen LogP contribution >= 0.6 is 23.2 Å². The molecule has 6 heteroatoms. The Hall–Kier alpha value is -2.95. The third kappa shape index (κ3) is 4.56. The van der Waals surface area contributed by atoms with Crippen molar-refractivity contribution in [3.05, 3.63) is 122 Å². The monoisotopic (exact) mass is 421 g/mol. The molecule has 4 rings (SSSR count). The fourth-order valence-corrected chi connectivity index (χ4v) is 3.35. The minimum absolute atomic E-state index is 0.274. The number of benzene rings is 3. The van der Waals surface area contributed by atoms with Gasteiger partial charge in [0, 0.05) is 12.8 Å². The Labute approximate surface area is 178 Å². The molecule has 29 heavy (non-hydrogen) atoms. The third-order valence-corrected chi connectivity index (χ3v) is 5.22. The summed E-state index contributed by atoms with van der Waals surface area (Å²) in [6.45, 7) is 0. The standard InChI is InChI=1S/C23H17Cl2N3O/c24-19-12-11-18(15-20(19)25)28-23(29)21(13-16-7-3-1-4-8-16)26-22(27-28)14-17-9-5-2-6-10-17/h1-12,15H,13-14H2. The minimum Gasteiger partial charge on any atom is -0.265 e. The first-order valence-electron chi connectivity index (χ1n) is 9.12. The van der Waals surface area contributed by atoms with Crippen molar-refractivity contribution in [1.29, 1.82) is 0 Å². The average molecular weight is 422 g/mol. The van der Waals surface area contributed by atoms with Crippen molar-refractivity contribution in [2.45, 2.75) is 12.8 Å². The van der Waals surface area contributed by atoms with Crippen molar-refractivity contribution in [2.24, 2.45) is 0 Å². The summed E-state index contributed by atoms with van der Waals surface area (Å²) in [5.41, 5.74) is 2.79. The van der Waals surface area contributed by atoms with Crippen LogP contribution in [0.3, 0.4) is 0 Å². The fraction of sp³-hybridized carbons (Fsp3) is 0.0870. The minimum atomic E-state index is -0.274. The van der Waals surface area contributed by atoms with Gasteiger partial charge in [-0.3, -0.25) is 4.79 Å². The highest BCUT2D eigenvalue weighted by atomic mass is 35.5. The second kappa shape index (κ2) is 8.60. The molecule has 0 amide bonds. The van der Waals surface area contributed by atoms with Crippen molar-refractivity contribution >= 4 is 23.2 Å².